The average molecular weight is 222 g/mol. The third kappa shape index (κ3) is 2.48. The van der Waals surface area contributed by atoms with Crippen LogP contribution in [0.4, 0.5) is 0 Å². The Hall–Kier alpha value is -1.09. The molecule has 0 saturated carbocycles. The van der Waals surface area contributed by atoms with Gasteiger partial charge in [0.15, 0.2) is 0 Å². The molecule has 0 fully saturated rings. The summed E-state index contributed by atoms with van der Waals surface area (Å²) in [6.07, 6.45) is 0. The Labute approximate surface area is 94.2 Å². The van der Waals surface area contributed by atoms with Gasteiger partial charge in [0, 0.05) is 0 Å². The fraction of sp³-hybridized carbons (Fsp3) is 0.417. The molecule has 0 aromatic heterocycles. The number of carbonyl (C=O) groups is 1. The average Bonchev–Trinajstić information content (AvgIpc) is 2.28. The fourth-order valence-electron chi connectivity index (χ4n) is 1.60. The van der Waals surface area contributed by atoms with Crippen LogP contribution in [0, 0.1) is 5.41 Å². The van der Waals surface area contributed by atoms with Gasteiger partial charge in [0.1, 0.15) is 0 Å². The quantitative estimate of drug-likeness (QED) is 0.727. The predicted octanol–water partition coefficient (Wildman–Crippen LogP) is 1.64. The molecule has 1 rings (SSSR count). The topological polar surface area (TPSA) is 26.3 Å². The van der Waals surface area contributed by atoms with E-state index in [0.29, 0.717) is 10.5 Å². The van der Waals surface area contributed by atoms with Gasteiger partial charge in [0.25, 0.3) is 5.97 Å². The highest BCUT2D eigenvalue weighted by Gasteiger charge is 2.35. The minimum Gasteiger partial charge on any atom is -0.528 e. The van der Waals surface area contributed by atoms with Gasteiger partial charge in [0.05, 0.1) is 5.41 Å². The summed E-state index contributed by atoms with van der Waals surface area (Å²) in [7, 11) is 0.462. The lowest BCUT2D eigenvalue weighted by atomic mass is 9.76. The summed E-state index contributed by atoms with van der Waals surface area (Å²) in [6, 6.07) is 10.1. The van der Waals surface area contributed by atoms with Crippen LogP contribution in [0.3, 0.4) is 0 Å². The van der Waals surface area contributed by atoms with Gasteiger partial charge < -0.3 is 4.43 Å². The maximum atomic E-state index is 11.7. The second-order valence-corrected chi connectivity index (χ2v) is 4.75. The molecular weight excluding hydrogens is 204 g/mol. The van der Waals surface area contributed by atoms with Gasteiger partial charge in [-0.2, -0.15) is 0 Å². The van der Waals surface area contributed by atoms with E-state index in [4.69, 9.17) is 4.43 Å². The van der Waals surface area contributed by atoms with Crippen LogP contribution >= 0.6 is 0 Å². The maximum Gasteiger partial charge on any atom is 0.298 e. The van der Waals surface area contributed by atoms with Crippen LogP contribution in [-0.4, -0.2) is 16.5 Å². The summed E-state index contributed by atoms with van der Waals surface area (Å²) in [5.74, 6) is 0.0608. The summed E-state index contributed by atoms with van der Waals surface area (Å²) in [5, 5.41) is 0. The third-order valence-electron chi connectivity index (χ3n) is 3.09. The number of hydrogen-bond acceptors (Lipinski definition) is 2. The van der Waals surface area contributed by atoms with Crippen molar-refractivity contribution >= 4 is 16.5 Å². The number of carbonyl (C=O) groups excluding carboxylic acids is 1. The summed E-state index contributed by atoms with van der Waals surface area (Å²) >= 11 is 0. The van der Waals surface area contributed by atoms with Gasteiger partial charge >= 0.3 is 0 Å². The van der Waals surface area contributed by atoms with Gasteiger partial charge in [-0.05, 0) is 25.3 Å². The molecule has 0 aliphatic rings. The molecule has 0 N–H and O–H groups in total. The van der Waals surface area contributed by atoms with Crippen LogP contribution in [0.15, 0.2) is 30.3 Å². The largest absolute Gasteiger partial charge is 0.528 e. The Kier molecular flexibility index (Phi) is 3.69. The normalized spacial score (nSPS) is 13.5. The van der Waals surface area contributed by atoms with E-state index in [1.54, 1.807) is 0 Å². The van der Waals surface area contributed by atoms with E-state index in [0.717, 1.165) is 0 Å². The molecule has 0 bridgehead atoms. The van der Waals surface area contributed by atoms with Crippen LogP contribution in [0.25, 0.3) is 0 Å². The van der Waals surface area contributed by atoms with E-state index >= 15 is 0 Å². The van der Waals surface area contributed by atoms with Crippen molar-refractivity contribution in [3.05, 3.63) is 35.9 Å². The molecule has 0 radical (unpaired) electrons. The van der Waals surface area contributed by atoms with Crippen LogP contribution in [-0.2, 0) is 9.22 Å². The van der Waals surface area contributed by atoms with Crippen molar-refractivity contribution in [2.75, 3.05) is 0 Å². The third-order valence-corrected chi connectivity index (χ3v) is 3.46. The first-order valence-electron chi connectivity index (χ1n) is 5.13. The first kappa shape index (κ1) is 12.0. The molecule has 0 aliphatic carbocycles. The second kappa shape index (κ2) is 4.62. The molecule has 0 amide bonds. The molecule has 1 aromatic carbocycles. The maximum absolute atomic E-state index is 11.7. The minimum absolute atomic E-state index is 0.106. The van der Waals surface area contributed by atoms with Crippen LogP contribution < -0.4 is 0 Å². The lowest BCUT2D eigenvalue weighted by Crippen LogP contribution is -2.31. The molecule has 2 nitrogen and oxygen atoms in total. The van der Waals surface area contributed by atoms with Gasteiger partial charge in [-0.25, -0.2) is 0 Å². The highest BCUT2D eigenvalue weighted by atomic mass is 28.2. The van der Waals surface area contributed by atoms with Crippen LogP contribution in [0.1, 0.15) is 32.3 Å². The van der Waals surface area contributed by atoms with Crippen molar-refractivity contribution in [2.24, 2.45) is 5.41 Å². The smallest absolute Gasteiger partial charge is 0.298 e. The summed E-state index contributed by atoms with van der Waals surface area (Å²) in [6.45, 7) is 5.93. The highest BCUT2D eigenvalue weighted by Crippen LogP contribution is 2.35. The Morgan fingerprint density at radius 2 is 1.87 bits per heavy atom. The molecule has 0 heterocycles. The van der Waals surface area contributed by atoms with E-state index in [2.05, 4.69) is 6.92 Å². The molecule has 1 atom stereocenters. The van der Waals surface area contributed by atoms with Gasteiger partial charge in [-0.1, -0.05) is 37.3 Å². The van der Waals surface area contributed by atoms with E-state index in [-0.39, 0.29) is 11.9 Å². The molecule has 15 heavy (non-hydrogen) atoms. The van der Waals surface area contributed by atoms with Gasteiger partial charge in [-0.3, -0.25) is 4.79 Å². The van der Waals surface area contributed by atoms with Crippen molar-refractivity contribution in [1.82, 2.24) is 0 Å². The van der Waals surface area contributed by atoms with Crippen molar-refractivity contribution in [3.63, 3.8) is 0 Å². The Morgan fingerprint density at radius 1 is 1.33 bits per heavy atom. The lowest BCUT2D eigenvalue weighted by molar-refractivity contribution is -0.144. The number of rotatable bonds is 3. The van der Waals surface area contributed by atoms with Crippen molar-refractivity contribution in [3.8, 4) is 0 Å². The first-order valence-corrected chi connectivity index (χ1v) is 5.95. The summed E-state index contributed by atoms with van der Waals surface area (Å²) < 4.78 is 4.96. The van der Waals surface area contributed by atoms with Crippen LogP contribution in [0.2, 0.25) is 0 Å². The summed E-state index contributed by atoms with van der Waals surface area (Å²) in [5.41, 5.74) is 0.720. The molecule has 0 spiro atoms. The minimum atomic E-state index is -0.455. The molecule has 3 heteroatoms. The predicted molar refractivity (Wildman–Crippen MR) is 64.7 cm³/mol. The van der Waals surface area contributed by atoms with E-state index in [1.807, 2.05) is 44.2 Å². The monoisotopic (exact) mass is 222 g/mol. The molecular formula is C12H18O2Si. The van der Waals surface area contributed by atoms with Gasteiger partial charge in [0.2, 0.25) is 10.5 Å². The molecule has 0 saturated heterocycles. The molecule has 1 unspecified atom stereocenters. The molecule has 1 aromatic rings. The highest BCUT2D eigenvalue weighted by molar-refractivity contribution is 6.06. The Balaban J connectivity index is 2.94. The van der Waals surface area contributed by atoms with Crippen LogP contribution in [0.5, 0.6) is 0 Å². The number of benzene rings is 1. The van der Waals surface area contributed by atoms with Crippen molar-refractivity contribution in [1.29, 1.82) is 0 Å². The molecule has 0 aliphatic heterocycles. The lowest BCUT2D eigenvalue weighted by Gasteiger charge is -2.29. The second-order valence-electron chi connectivity index (χ2n) is 4.35. The van der Waals surface area contributed by atoms with Crippen molar-refractivity contribution in [2.45, 2.75) is 26.7 Å². The van der Waals surface area contributed by atoms with Crippen molar-refractivity contribution < 1.29 is 9.22 Å². The summed E-state index contributed by atoms with van der Waals surface area (Å²) in [4.78, 5) is 11.7. The Bertz CT molecular complexity index is 333. The molecule has 82 valence electrons. The van der Waals surface area contributed by atoms with E-state index in [9.17, 15) is 4.79 Å². The first-order chi connectivity index (χ1) is 7.00. The zero-order valence-corrected chi connectivity index (χ0v) is 11.8. The number of hydrogen-bond donors (Lipinski definition) is 0. The zero-order chi connectivity index (χ0) is 11.5. The van der Waals surface area contributed by atoms with E-state index < -0.39 is 5.41 Å². The fourth-order valence-corrected chi connectivity index (χ4v) is 2.12. The Morgan fingerprint density at radius 3 is 2.33 bits per heavy atom. The standard InChI is InChI=1S/C12H18O2Si/c1-9(10-7-5-4-6-8-10)12(2,3)11(13)14-15/h4-9H,1-3,15H3. The van der Waals surface area contributed by atoms with Gasteiger partial charge in [-0.15, -0.1) is 0 Å². The SMILES string of the molecule is CC(c1ccccc1)C(C)(C)C(=O)O[SiH3]. The zero-order valence-electron chi connectivity index (χ0n) is 9.78. The van der Waals surface area contributed by atoms with E-state index in [1.165, 1.54) is 5.56 Å².